The van der Waals surface area contributed by atoms with Gasteiger partial charge in [-0.3, -0.25) is 9.59 Å². The highest BCUT2D eigenvalue weighted by molar-refractivity contribution is 6.04. The molecule has 0 atom stereocenters. The second kappa shape index (κ2) is 9.80. The lowest BCUT2D eigenvalue weighted by Crippen LogP contribution is -2.40. The van der Waals surface area contributed by atoms with Gasteiger partial charge in [0.1, 0.15) is 5.69 Å². The number of aromatic nitrogens is 1. The van der Waals surface area contributed by atoms with Crippen LogP contribution in [0.2, 0.25) is 0 Å². The lowest BCUT2D eigenvalue weighted by molar-refractivity contribution is -0.132. The number of rotatable bonds is 9. The summed E-state index contributed by atoms with van der Waals surface area (Å²) < 4.78 is 7.08. The van der Waals surface area contributed by atoms with E-state index in [2.05, 4.69) is 0 Å². The third-order valence-electron chi connectivity index (χ3n) is 6.61. The molecule has 2 aliphatic rings. The molecule has 2 aliphatic carbocycles. The number of ketones is 1. The number of carbonyl (C=O) groups excluding carboxylic acids is 3. The van der Waals surface area contributed by atoms with Crippen molar-refractivity contribution in [2.45, 2.75) is 79.2 Å². The number of esters is 1. The first-order chi connectivity index (χ1) is 14.4. The summed E-state index contributed by atoms with van der Waals surface area (Å²) in [6, 6.07) is 0. The molecule has 0 aromatic carbocycles. The van der Waals surface area contributed by atoms with E-state index < -0.39 is 5.97 Å². The van der Waals surface area contributed by atoms with Gasteiger partial charge in [-0.2, -0.15) is 0 Å². The van der Waals surface area contributed by atoms with Gasteiger partial charge in [0.15, 0.2) is 5.78 Å². The van der Waals surface area contributed by atoms with Gasteiger partial charge in [-0.15, -0.1) is 0 Å². The molecule has 2 saturated carbocycles. The second-order valence-electron chi connectivity index (χ2n) is 8.82. The molecule has 0 N–H and O–H groups in total. The minimum absolute atomic E-state index is 0.0763. The Labute approximate surface area is 179 Å². The Bertz CT molecular complexity index is 801. The van der Waals surface area contributed by atoms with E-state index in [1.165, 1.54) is 19.3 Å². The predicted molar refractivity (Wildman–Crippen MR) is 116 cm³/mol. The monoisotopic (exact) mass is 416 g/mol. The predicted octanol–water partition coefficient (Wildman–Crippen LogP) is 4.30. The van der Waals surface area contributed by atoms with Crippen molar-refractivity contribution in [2.24, 2.45) is 11.8 Å². The summed E-state index contributed by atoms with van der Waals surface area (Å²) in [5.41, 5.74) is 2.46. The number of Topliss-reactive ketones (excluding diaryl/α,β-unsaturated/α-hetero) is 1. The second-order valence-corrected chi connectivity index (χ2v) is 8.82. The molecule has 0 unspecified atom stereocenters. The molecule has 30 heavy (non-hydrogen) atoms. The quantitative estimate of drug-likeness (QED) is 0.444. The standard InChI is InChI=1S/C24H36N2O4/c1-5-26-17(4)21(16(3)22(26)24(29)30-6-2)20(27)15-25(23(28)19-12-13-19)14-18-10-8-7-9-11-18/h18-19H,5-15H2,1-4H3. The molecule has 166 valence electrons. The van der Waals surface area contributed by atoms with Crippen molar-refractivity contribution in [3.05, 3.63) is 22.5 Å². The van der Waals surface area contributed by atoms with Crippen molar-refractivity contribution >= 4 is 17.7 Å². The first kappa shape index (κ1) is 22.6. The van der Waals surface area contributed by atoms with Crippen LogP contribution in [-0.2, 0) is 16.1 Å². The van der Waals surface area contributed by atoms with Crippen LogP contribution in [0.15, 0.2) is 0 Å². The van der Waals surface area contributed by atoms with Gasteiger partial charge >= 0.3 is 5.97 Å². The first-order valence-electron chi connectivity index (χ1n) is 11.6. The molecule has 0 aliphatic heterocycles. The molecule has 0 spiro atoms. The number of hydrogen-bond donors (Lipinski definition) is 0. The third-order valence-corrected chi connectivity index (χ3v) is 6.61. The minimum atomic E-state index is -0.396. The Morgan fingerprint density at radius 3 is 2.27 bits per heavy atom. The van der Waals surface area contributed by atoms with Gasteiger partial charge in [0.2, 0.25) is 5.91 Å². The molecule has 0 radical (unpaired) electrons. The smallest absolute Gasteiger partial charge is 0.355 e. The number of ether oxygens (including phenoxy) is 1. The average Bonchev–Trinajstić information content (AvgIpc) is 3.53. The highest BCUT2D eigenvalue weighted by atomic mass is 16.5. The molecular formula is C24H36N2O4. The van der Waals surface area contributed by atoms with Crippen molar-refractivity contribution < 1.29 is 19.1 Å². The Morgan fingerprint density at radius 1 is 1.03 bits per heavy atom. The molecule has 6 nitrogen and oxygen atoms in total. The molecule has 1 amide bonds. The molecular weight excluding hydrogens is 380 g/mol. The van der Waals surface area contributed by atoms with E-state index in [0.717, 1.165) is 31.4 Å². The van der Waals surface area contributed by atoms with Crippen LogP contribution in [0, 0.1) is 25.7 Å². The molecule has 2 fully saturated rings. The largest absolute Gasteiger partial charge is 0.461 e. The molecule has 3 rings (SSSR count). The van der Waals surface area contributed by atoms with Crippen LogP contribution < -0.4 is 0 Å². The van der Waals surface area contributed by atoms with Gasteiger partial charge in [0.05, 0.1) is 13.2 Å². The lowest BCUT2D eigenvalue weighted by atomic mass is 9.88. The van der Waals surface area contributed by atoms with Gasteiger partial charge in [0, 0.05) is 30.3 Å². The van der Waals surface area contributed by atoms with Gasteiger partial charge < -0.3 is 14.2 Å². The molecule has 1 heterocycles. The number of carbonyl (C=O) groups is 3. The van der Waals surface area contributed by atoms with E-state index in [1.54, 1.807) is 6.92 Å². The first-order valence-corrected chi connectivity index (χ1v) is 11.6. The van der Waals surface area contributed by atoms with Crippen LogP contribution >= 0.6 is 0 Å². The molecule has 6 heteroatoms. The Kier molecular flexibility index (Phi) is 7.37. The Morgan fingerprint density at radius 2 is 1.70 bits per heavy atom. The maximum absolute atomic E-state index is 13.4. The molecule has 0 bridgehead atoms. The highest BCUT2D eigenvalue weighted by Gasteiger charge is 2.36. The van der Waals surface area contributed by atoms with Gasteiger partial charge in [-0.25, -0.2) is 4.79 Å². The van der Waals surface area contributed by atoms with E-state index in [9.17, 15) is 14.4 Å². The molecule has 1 aromatic rings. The van der Waals surface area contributed by atoms with Crippen molar-refractivity contribution in [1.82, 2.24) is 9.47 Å². The molecule has 0 saturated heterocycles. The summed E-state index contributed by atoms with van der Waals surface area (Å²) in [5, 5.41) is 0. The average molecular weight is 417 g/mol. The van der Waals surface area contributed by atoms with Crippen LogP contribution in [0.1, 0.15) is 90.9 Å². The summed E-state index contributed by atoms with van der Waals surface area (Å²) in [5.74, 6) is 0.246. The maximum atomic E-state index is 13.4. The number of hydrogen-bond acceptors (Lipinski definition) is 4. The summed E-state index contributed by atoms with van der Waals surface area (Å²) in [7, 11) is 0. The summed E-state index contributed by atoms with van der Waals surface area (Å²) in [6.45, 7) is 9.07. The summed E-state index contributed by atoms with van der Waals surface area (Å²) in [6.07, 6.45) is 7.84. The van der Waals surface area contributed by atoms with Crippen molar-refractivity contribution in [2.75, 3.05) is 19.7 Å². The van der Waals surface area contributed by atoms with Crippen molar-refractivity contribution in [3.8, 4) is 0 Å². The van der Waals surface area contributed by atoms with Crippen LogP contribution in [-0.4, -0.2) is 46.8 Å². The number of nitrogens with zero attached hydrogens (tertiary/aromatic N) is 2. The zero-order valence-electron chi connectivity index (χ0n) is 19.0. The van der Waals surface area contributed by atoms with Gasteiger partial charge in [-0.05, 0) is 64.9 Å². The zero-order chi connectivity index (χ0) is 21.8. The zero-order valence-corrected chi connectivity index (χ0v) is 19.0. The third kappa shape index (κ3) is 4.79. The van der Waals surface area contributed by atoms with Gasteiger partial charge in [0.25, 0.3) is 0 Å². The van der Waals surface area contributed by atoms with E-state index in [0.29, 0.717) is 42.4 Å². The van der Waals surface area contributed by atoms with Crippen LogP contribution in [0.5, 0.6) is 0 Å². The fraction of sp³-hybridized carbons (Fsp3) is 0.708. The molecule has 1 aromatic heterocycles. The Balaban J connectivity index is 1.84. The van der Waals surface area contributed by atoms with Crippen LogP contribution in [0.4, 0.5) is 0 Å². The SMILES string of the molecule is CCOC(=O)c1c(C)c(C(=O)CN(CC2CCCCC2)C(=O)C2CC2)c(C)n1CC. The van der Waals surface area contributed by atoms with Crippen LogP contribution in [0.3, 0.4) is 0 Å². The van der Waals surface area contributed by atoms with E-state index in [4.69, 9.17) is 4.74 Å². The minimum Gasteiger partial charge on any atom is -0.461 e. The topological polar surface area (TPSA) is 68.6 Å². The lowest BCUT2D eigenvalue weighted by Gasteiger charge is -2.29. The van der Waals surface area contributed by atoms with Crippen LogP contribution in [0.25, 0.3) is 0 Å². The van der Waals surface area contributed by atoms with Crippen molar-refractivity contribution in [1.29, 1.82) is 0 Å². The fourth-order valence-electron chi connectivity index (χ4n) is 4.92. The highest BCUT2D eigenvalue weighted by Crippen LogP contribution is 2.33. The normalized spacial score (nSPS) is 17.1. The maximum Gasteiger partial charge on any atom is 0.355 e. The Hall–Kier alpha value is -2.11. The summed E-state index contributed by atoms with van der Waals surface area (Å²) >= 11 is 0. The summed E-state index contributed by atoms with van der Waals surface area (Å²) in [4.78, 5) is 40.6. The fourth-order valence-corrected chi connectivity index (χ4v) is 4.92. The van der Waals surface area contributed by atoms with E-state index >= 15 is 0 Å². The van der Waals surface area contributed by atoms with Crippen molar-refractivity contribution in [3.63, 3.8) is 0 Å². The number of amides is 1. The van der Waals surface area contributed by atoms with E-state index in [1.807, 2.05) is 30.2 Å². The van der Waals surface area contributed by atoms with Gasteiger partial charge in [-0.1, -0.05) is 19.3 Å². The van der Waals surface area contributed by atoms with E-state index in [-0.39, 0.29) is 24.2 Å².